The van der Waals surface area contributed by atoms with Gasteiger partial charge in [-0.3, -0.25) is 0 Å². The zero-order valence-corrected chi connectivity index (χ0v) is 6.50. The van der Waals surface area contributed by atoms with Crippen molar-refractivity contribution in [2.75, 3.05) is 5.75 Å². The number of halogens is 6. The van der Waals surface area contributed by atoms with Crippen LogP contribution in [0.4, 0.5) is 26.3 Å². The Morgan fingerprint density at radius 2 is 1.31 bits per heavy atom. The van der Waals surface area contributed by atoms with Crippen molar-refractivity contribution in [2.45, 2.75) is 11.7 Å². The first-order valence-corrected chi connectivity index (χ1v) is 4.56. The van der Waals surface area contributed by atoms with Crippen LogP contribution in [0.1, 0.15) is 0 Å². The van der Waals surface area contributed by atoms with E-state index in [-0.39, 0.29) is 0 Å². The van der Waals surface area contributed by atoms with Gasteiger partial charge in [0.2, 0.25) is 0 Å². The first-order chi connectivity index (χ1) is 5.24. The van der Waals surface area contributed by atoms with Crippen molar-refractivity contribution in [1.82, 2.24) is 0 Å². The predicted molar refractivity (Wildman–Crippen MR) is 30.4 cm³/mol. The summed E-state index contributed by atoms with van der Waals surface area (Å²) in [5.41, 5.74) is -6.22. The topological polar surface area (TPSA) is 57.5 Å². The highest BCUT2D eigenvalue weighted by molar-refractivity contribution is 8.11. The Morgan fingerprint density at radius 3 is 1.38 bits per heavy atom. The Hall–Kier alpha value is -0.350. The summed E-state index contributed by atoms with van der Waals surface area (Å²) in [5.74, 6) is -3.21. The van der Waals surface area contributed by atoms with E-state index in [9.17, 15) is 30.6 Å². The van der Waals surface area contributed by atoms with Crippen LogP contribution in [-0.2, 0) is 9.63 Å². The second-order valence-electron chi connectivity index (χ2n) is 2.22. The van der Waals surface area contributed by atoms with Gasteiger partial charge in [-0.1, -0.05) is 0 Å². The van der Waals surface area contributed by atoms with Crippen LogP contribution in [0.5, 0.6) is 0 Å². The summed E-state index contributed by atoms with van der Waals surface area (Å²) in [6, 6.07) is 0. The average Bonchev–Trinajstić information content (AvgIpc) is 1.48. The van der Waals surface area contributed by atoms with Gasteiger partial charge < -0.3 is 9.11 Å². The molecule has 10 heteroatoms. The molecule has 0 aliphatic heterocycles. The van der Waals surface area contributed by atoms with Gasteiger partial charge >= 0.3 is 11.7 Å². The first-order valence-electron chi connectivity index (χ1n) is 2.51. The SMILES string of the molecule is O=S(O)(O)(CC(F)(F)F)C(F)(F)F. The largest absolute Gasteiger partial charge is 0.494 e. The molecule has 0 spiro atoms. The summed E-state index contributed by atoms with van der Waals surface area (Å²) in [7, 11) is -7.63. The van der Waals surface area contributed by atoms with E-state index in [1.807, 2.05) is 0 Å². The molecule has 0 aromatic carbocycles. The van der Waals surface area contributed by atoms with E-state index >= 15 is 0 Å². The van der Waals surface area contributed by atoms with Crippen molar-refractivity contribution < 1.29 is 39.7 Å². The minimum atomic E-state index is -7.63. The van der Waals surface area contributed by atoms with Gasteiger partial charge in [0.1, 0.15) is 0 Å². The summed E-state index contributed by atoms with van der Waals surface area (Å²) < 4.78 is 94.4. The maximum absolute atomic E-state index is 11.5. The smallest absolute Gasteiger partial charge is 0.301 e. The Morgan fingerprint density at radius 1 is 1.00 bits per heavy atom. The minimum Gasteiger partial charge on any atom is -0.301 e. The van der Waals surface area contributed by atoms with E-state index in [2.05, 4.69) is 0 Å². The summed E-state index contributed by atoms with van der Waals surface area (Å²) in [4.78, 5) is 0. The minimum absolute atomic E-state index is 3.21. The van der Waals surface area contributed by atoms with Gasteiger partial charge in [-0.2, -0.15) is 26.3 Å². The van der Waals surface area contributed by atoms with Crippen molar-refractivity contribution in [3.63, 3.8) is 0 Å². The molecule has 0 saturated heterocycles. The zero-order valence-electron chi connectivity index (χ0n) is 5.69. The van der Waals surface area contributed by atoms with E-state index < -0.39 is 27.1 Å². The monoisotopic (exact) mass is 234 g/mol. The number of hydrogen-bond donors (Lipinski definition) is 2. The van der Waals surface area contributed by atoms with Gasteiger partial charge in [0.05, 0.1) is 0 Å². The predicted octanol–water partition coefficient (Wildman–Crippen LogP) is 1.83. The highest BCUT2D eigenvalue weighted by atomic mass is 32.3. The van der Waals surface area contributed by atoms with Gasteiger partial charge in [0.25, 0.3) is 0 Å². The molecule has 0 atom stereocenters. The second kappa shape index (κ2) is 2.58. The lowest BCUT2D eigenvalue weighted by molar-refractivity contribution is -0.119. The summed E-state index contributed by atoms with van der Waals surface area (Å²) in [6.07, 6.45) is -5.58. The Kier molecular flexibility index (Phi) is 2.51. The van der Waals surface area contributed by atoms with Crippen LogP contribution >= 0.6 is 0 Å². The van der Waals surface area contributed by atoms with Crippen molar-refractivity contribution in [3.05, 3.63) is 0 Å². The van der Waals surface area contributed by atoms with Crippen molar-refractivity contribution in [3.8, 4) is 0 Å². The molecule has 0 aliphatic carbocycles. The molecule has 13 heavy (non-hydrogen) atoms. The molecule has 0 fully saturated rings. The fourth-order valence-electron chi connectivity index (χ4n) is 0.377. The zero-order chi connectivity index (χ0) is 11.2. The highest BCUT2D eigenvalue weighted by Crippen LogP contribution is 2.42. The van der Waals surface area contributed by atoms with Crippen molar-refractivity contribution >= 4 is 9.63 Å². The lowest BCUT2D eigenvalue weighted by Crippen LogP contribution is -2.53. The van der Waals surface area contributed by atoms with E-state index in [0.29, 0.717) is 0 Å². The summed E-state index contributed by atoms with van der Waals surface area (Å²) >= 11 is 0. The van der Waals surface area contributed by atoms with Crippen LogP contribution in [0.25, 0.3) is 0 Å². The lowest BCUT2D eigenvalue weighted by Gasteiger charge is -2.32. The van der Waals surface area contributed by atoms with E-state index in [0.717, 1.165) is 0 Å². The van der Waals surface area contributed by atoms with E-state index in [1.165, 1.54) is 0 Å². The Balaban J connectivity index is 5.06. The highest BCUT2D eigenvalue weighted by Gasteiger charge is 2.63. The van der Waals surface area contributed by atoms with Crippen LogP contribution in [0.3, 0.4) is 0 Å². The number of hydrogen-bond acceptors (Lipinski definition) is 1. The molecule has 0 heterocycles. The third-order valence-electron chi connectivity index (χ3n) is 0.889. The van der Waals surface area contributed by atoms with Gasteiger partial charge in [-0.25, -0.2) is 4.21 Å². The standard InChI is InChI=1S/C3H4F6O3S/c4-2(5,6)1-13(10,11,12)3(7,8)9/h1H2,(H2,10,11,12). The van der Waals surface area contributed by atoms with E-state index in [1.54, 1.807) is 0 Å². The number of alkyl halides is 6. The van der Waals surface area contributed by atoms with Crippen molar-refractivity contribution in [1.29, 1.82) is 0 Å². The molecule has 0 aromatic rings. The average molecular weight is 234 g/mol. The maximum Gasteiger partial charge on any atom is 0.494 e. The molecule has 3 nitrogen and oxygen atoms in total. The second-order valence-corrected chi connectivity index (χ2v) is 5.01. The van der Waals surface area contributed by atoms with Gasteiger partial charge in [0, 0.05) is 0 Å². The van der Waals surface area contributed by atoms with Crippen LogP contribution < -0.4 is 0 Å². The molecular weight excluding hydrogens is 230 g/mol. The molecule has 0 saturated carbocycles. The molecule has 0 aromatic heterocycles. The third kappa shape index (κ3) is 3.12. The van der Waals surface area contributed by atoms with Crippen LogP contribution in [0.2, 0.25) is 0 Å². The molecule has 0 bridgehead atoms. The fraction of sp³-hybridized carbons (Fsp3) is 1.00. The summed E-state index contributed by atoms with van der Waals surface area (Å²) in [6.45, 7) is 0. The first kappa shape index (κ1) is 12.7. The maximum atomic E-state index is 11.5. The third-order valence-corrected chi connectivity index (χ3v) is 2.67. The van der Waals surface area contributed by atoms with Crippen LogP contribution in [0.15, 0.2) is 0 Å². The molecule has 0 rings (SSSR count). The van der Waals surface area contributed by atoms with Crippen LogP contribution in [0, 0.1) is 0 Å². The van der Waals surface area contributed by atoms with Gasteiger partial charge in [-0.05, 0) is 0 Å². The molecule has 0 amide bonds. The van der Waals surface area contributed by atoms with Gasteiger partial charge in [-0.15, -0.1) is 0 Å². The van der Waals surface area contributed by atoms with E-state index in [4.69, 9.17) is 9.11 Å². The lowest BCUT2D eigenvalue weighted by atomic mass is 10.8. The molecule has 0 aliphatic rings. The molecule has 82 valence electrons. The van der Waals surface area contributed by atoms with Crippen molar-refractivity contribution in [2.24, 2.45) is 0 Å². The normalized spacial score (nSPS) is 18.0. The summed E-state index contributed by atoms with van der Waals surface area (Å²) in [5, 5.41) is 0. The van der Waals surface area contributed by atoms with Gasteiger partial charge in [0.15, 0.2) is 15.4 Å². The Bertz CT molecular complexity index is 257. The quantitative estimate of drug-likeness (QED) is 0.680. The molecular formula is C3H4F6O3S. The number of rotatable bonds is 1. The Labute approximate surface area is 67.8 Å². The molecule has 0 unspecified atom stereocenters. The fourth-order valence-corrected chi connectivity index (χ4v) is 1.13. The molecule has 0 radical (unpaired) electrons. The molecule has 2 N–H and O–H groups in total. The van der Waals surface area contributed by atoms with Crippen LogP contribution in [-0.4, -0.2) is 30.8 Å².